The van der Waals surface area contributed by atoms with Crippen LogP contribution in [-0.4, -0.2) is 174 Å². The van der Waals surface area contributed by atoms with Crippen LogP contribution in [-0.2, 0) is 92.0 Å². The van der Waals surface area contributed by atoms with E-state index in [-0.39, 0.29) is 36.5 Å². The van der Waals surface area contributed by atoms with Gasteiger partial charge >= 0.3 is 48.3 Å². The molecule has 0 heterocycles. The van der Waals surface area contributed by atoms with Crippen molar-refractivity contribution in [3.05, 3.63) is 94.6 Å². The molecule has 0 saturated carbocycles. The van der Waals surface area contributed by atoms with E-state index in [0.717, 1.165) is 114 Å². The summed E-state index contributed by atoms with van der Waals surface area (Å²) in [6.45, 7) is 17.8. The van der Waals surface area contributed by atoms with Crippen LogP contribution in [0.2, 0.25) is 0 Å². The summed E-state index contributed by atoms with van der Waals surface area (Å²) >= 11 is 0. The maximum Gasteiger partial charge on any atom is 0.416 e. The molecule has 1 aliphatic carbocycles. The molecule has 2 aromatic carbocycles. The van der Waals surface area contributed by atoms with E-state index in [9.17, 15) is 69.5 Å². The van der Waals surface area contributed by atoms with Crippen molar-refractivity contribution < 1.29 is 107 Å². The first-order valence-corrected chi connectivity index (χ1v) is 30.4. The van der Waals surface area contributed by atoms with E-state index >= 15 is 8.78 Å². The Hall–Kier alpha value is -7.61. The average molecular weight is 1330 g/mol. The molecule has 27 heteroatoms. The van der Waals surface area contributed by atoms with E-state index in [2.05, 4.69) is 0 Å². The molecule has 0 fully saturated rings. The number of nitrogens with zero attached hydrogens (tertiary/aromatic N) is 4. The molecule has 1 aliphatic rings. The molecule has 0 radical (unpaired) electrons. The highest BCUT2D eigenvalue weighted by Gasteiger charge is 2.45. The van der Waals surface area contributed by atoms with Crippen LogP contribution in [0.4, 0.5) is 39.9 Å². The zero-order valence-corrected chi connectivity index (χ0v) is 55.9. The first-order chi connectivity index (χ1) is 42.6. The fourth-order valence-corrected chi connectivity index (χ4v) is 9.60. The van der Waals surface area contributed by atoms with Gasteiger partial charge in [-0.1, -0.05) is 70.2 Å². The van der Waals surface area contributed by atoms with Crippen LogP contribution in [0.1, 0.15) is 151 Å². The van der Waals surface area contributed by atoms with Gasteiger partial charge in [-0.3, -0.25) is 19.3 Å². The number of likely N-dealkylation sites (N-methyl/N-ethyl adjacent to an activating group) is 4. The highest BCUT2D eigenvalue weighted by atomic mass is 19.4. The van der Waals surface area contributed by atoms with Crippen molar-refractivity contribution in [3.8, 4) is 0 Å². The van der Waals surface area contributed by atoms with E-state index in [1.165, 1.54) is 27.7 Å². The molecule has 93 heavy (non-hydrogen) atoms. The molecule has 0 aromatic heterocycles. The SMILES string of the molecule is CC(C)C[C@@H](C(=O)O[C@H](C)C(=O)N(C)[C@@H](CC(C)(C)F)C(=O)O[C@H](Cc1ccc(C(F)(F)F)cc1)C(=O)N(C)[C@@H](CC(C)C)C(=O)O[C@H](C)C(=O)OCC1=CC=CCC1)N(C)C(=O)[C@@H](Cc1ccc(C(F)(F)F)cc1)OC(=O)[C@H](CC(C)(C)F)N(C)C(=O)OC(C)(C)C. The first-order valence-electron chi connectivity index (χ1n) is 30.4. The molecule has 0 saturated heterocycles. The smallest absolute Gasteiger partial charge is 0.416 e. The molecule has 0 aliphatic heterocycles. The zero-order valence-electron chi connectivity index (χ0n) is 55.9. The fourth-order valence-electron chi connectivity index (χ4n) is 9.60. The number of benzene rings is 2. The Morgan fingerprint density at radius 3 is 1.18 bits per heavy atom. The standard InChI is InChI=1S/C66H90F8N4O15/c1-38(2)31-47(75(14)55(81)52(34-43-25-29-46(30-26-43)66(72,73)74)92-60(86)50(36-64(12,13)68)78(17)61(87)93-62(7,8)9)57(83)89-40(5)53(79)77(16)49(35-63(10,11)67)59(85)91-51(33-42-23-27-45(28-24-42)65(69,70)71)54(80)76(15)48(32-39(3)4)58(84)90-41(6)56(82)88-37-44-21-19-18-20-22-44/h18-19,21,23-30,38-41,47-52H,20,22,31-37H2,1-17H3/t40-,41-,47+,48+,49+,50+,51-,52-/m1/s1. The van der Waals surface area contributed by atoms with Crippen LogP contribution >= 0.6 is 0 Å². The van der Waals surface area contributed by atoms with Gasteiger partial charge in [0.2, 0.25) is 0 Å². The van der Waals surface area contributed by atoms with E-state index < -0.39 is 174 Å². The van der Waals surface area contributed by atoms with Crippen molar-refractivity contribution in [2.75, 3.05) is 34.8 Å². The first kappa shape index (κ1) is 79.6. The third-order valence-electron chi connectivity index (χ3n) is 14.7. The maximum atomic E-state index is 15.9. The third kappa shape index (κ3) is 26.0. The van der Waals surface area contributed by atoms with Crippen LogP contribution in [0.3, 0.4) is 0 Å². The minimum atomic E-state index is -4.78. The second-order valence-electron chi connectivity index (χ2n) is 26.3. The Morgan fingerprint density at radius 1 is 0.473 bits per heavy atom. The lowest BCUT2D eigenvalue weighted by Gasteiger charge is -2.35. The van der Waals surface area contributed by atoms with Crippen LogP contribution in [0.15, 0.2) is 72.3 Å². The lowest BCUT2D eigenvalue weighted by atomic mass is 9.98. The summed E-state index contributed by atoms with van der Waals surface area (Å²) in [6.07, 6.45) is -14.2. The van der Waals surface area contributed by atoms with Gasteiger partial charge in [0.1, 0.15) is 47.7 Å². The van der Waals surface area contributed by atoms with Gasteiger partial charge < -0.3 is 43.1 Å². The minimum Gasteiger partial charge on any atom is -0.458 e. The summed E-state index contributed by atoms with van der Waals surface area (Å²) < 4.78 is 147. The van der Waals surface area contributed by atoms with Gasteiger partial charge in [0, 0.05) is 53.9 Å². The minimum absolute atomic E-state index is 0.0112. The van der Waals surface area contributed by atoms with Crippen molar-refractivity contribution in [1.29, 1.82) is 0 Å². The van der Waals surface area contributed by atoms with Crippen LogP contribution in [0.5, 0.6) is 0 Å². The summed E-state index contributed by atoms with van der Waals surface area (Å²) in [5, 5.41) is 0. The number of allylic oxidation sites excluding steroid dienone is 3. The molecule has 0 bridgehead atoms. The largest absolute Gasteiger partial charge is 0.458 e. The summed E-state index contributed by atoms with van der Waals surface area (Å²) in [7, 11) is 4.41. The van der Waals surface area contributed by atoms with Gasteiger partial charge in [0.15, 0.2) is 24.4 Å². The van der Waals surface area contributed by atoms with Gasteiger partial charge in [-0.2, -0.15) is 26.3 Å². The van der Waals surface area contributed by atoms with Crippen molar-refractivity contribution in [1.82, 2.24) is 19.6 Å². The van der Waals surface area contributed by atoms with Crippen LogP contribution in [0, 0.1) is 11.8 Å². The van der Waals surface area contributed by atoms with Crippen molar-refractivity contribution in [2.45, 2.75) is 219 Å². The Balaban J connectivity index is 2.05. The predicted molar refractivity (Wildman–Crippen MR) is 325 cm³/mol. The quantitative estimate of drug-likeness (QED) is 0.0403. The normalized spacial score (nSPS) is 15.6. The molecule has 3 rings (SSSR count). The van der Waals surface area contributed by atoms with E-state index in [1.54, 1.807) is 39.8 Å². The number of ether oxygens (including phenoxy) is 6. The maximum absolute atomic E-state index is 15.9. The number of halogens is 8. The van der Waals surface area contributed by atoms with Crippen molar-refractivity contribution in [3.63, 3.8) is 0 Å². The number of carbonyl (C=O) groups is 9. The molecule has 520 valence electrons. The number of hydrogen-bond acceptors (Lipinski definition) is 15. The highest BCUT2D eigenvalue weighted by Crippen LogP contribution is 2.32. The second-order valence-corrected chi connectivity index (χ2v) is 26.3. The van der Waals surface area contributed by atoms with Crippen LogP contribution in [0.25, 0.3) is 0 Å². The van der Waals surface area contributed by atoms with Crippen LogP contribution < -0.4 is 0 Å². The molecular weight excluding hydrogens is 1240 g/mol. The number of hydrogen-bond donors (Lipinski definition) is 0. The number of esters is 5. The highest BCUT2D eigenvalue weighted by molar-refractivity contribution is 5.93. The Labute approximate surface area is 538 Å². The topological polar surface area (TPSA) is 222 Å². The molecule has 4 amide bonds. The van der Waals surface area contributed by atoms with Gasteiger partial charge in [0.25, 0.3) is 17.7 Å². The Bertz CT molecular complexity index is 2970. The average Bonchev–Trinajstić information content (AvgIpc) is 0.914. The summed E-state index contributed by atoms with van der Waals surface area (Å²) in [4.78, 5) is 131. The molecule has 19 nitrogen and oxygen atoms in total. The monoisotopic (exact) mass is 1330 g/mol. The molecular formula is C66H90F8N4O15. The van der Waals surface area contributed by atoms with E-state index in [0.29, 0.717) is 35.6 Å². The number of alkyl halides is 8. The summed E-state index contributed by atoms with van der Waals surface area (Å²) in [5.41, 5.74) is -6.83. The number of rotatable bonds is 30. The fraction of sp³-hybridized carbons (Fsp3) is 0.621. The zero-order chi connectivity index (χ0) is 71.1. The Morgan fingerprint density at radius 2 is 0.839 bits per heavy atom. The van der Waals surface area contributed by atoms with E-state index in [1.807, 2.05) is 6.08 Å². The summed E-state index contributed by atoms with van der Waals surface area (Å²) in [6, 6.07) is 0.0559. The van der Waals surface area contributed by atoms with Gasteiger partial charge in [0.05, 0.1) is 11.1 Å². The van der Waals surface area contributed by atoms with Gasteiger partial charge in [-0.05, 0) is 141 Å². The van der Waals surface area contributed by atoms with Crippen molar-refractivity contribution in [2.24, 2.45) is 11.8 Å². The molecule has 0 spiro atoms. The predicted octanol–water partition coefficient (Wildman–Crippen LogP) is 11.1. The Kier molecular flexibility index (Phi) is 28.7. The third-order valence-corrected chi connectivity index (χ3v) is 14.7. The number of carbonyl (C=O) groups excluding carboxylic acids is 9. The van der Waals surface area contributed by atoms with Crippen molar-refractivity contribution >= 4 is 53.7 Å². The molecule has 8 atom stereocenters. The second kappa shape index (κ2) is 33.5. The molecule has 0 N–H and O–H groups in total. The van der Waals surface area contributed by atoms with Gasteiger partial charge in [-0.15, -0.1) is 0 Å². The summed E-state index contributed by atoms with van der Waals surface area (Å²) in [5.74, 6) is -10.2. The lowest BCUT2D eigenvalue weighted by molar-refractivity contribution is -0.175. The number of amides is 4. The lowest BCUT2D eigenvalue weighted by Crippen LogP contribution is -2.54. The van der Waals surface area contributed by atoms with Gasteiger partial charge in [-0.25, -0.2) is 37.5 Å². The molecule has 2 aromatic rings. The van der Waals surface area contributed by atoms with E-state index in [4.69, 9.17) is 28.4 Å². The molecule has 0 unspecified atom stereocenters.